The lowest BCUT2D eigenvalue weighted by molar-refractivity contribution is -0.118. The number of hydrogen-bond donors (Lipinski definition) is 2. The molecular formula is C20H24N2O3. The van der Waals surface area contributed by atoms with Crippen LogP contribution in [-0.4, -0.2) is 25.0 Å². The third-order valence-electron chi connectivity index (χ3n) is 3.51. The summed E-state index contributed by atoms with van der Waals surface area (Å²) in [4.78, 5) is 24.0. The Kier molecular flexibility index (Phi) is 6.57. The van der Waals surface area contributed by atoms with Crippen LogP contribution >= 0.6 is 0 Å². The fourth-order valence-electron chi connectivity index (χ4n) is 2.44. The third kappa shape index (κ3) is 5.95. The second-order valence-corrected chi connectivity index (χ2v) is 6.00. The lowest BCUT2D eigenvalue weighted by Gasteiger charge is -2.10. The Morgan fingerprint density at radius 1 is 1.04 bits per heavy atom. The lowest BCUT2D eigenvalue weighted by Crippen LogP contribution is -2.24. The number of ether oxygens (including phenoxy) is 1. The Labute approximate surface area is 148 Å². The number of aryl methyl sites for hydroxylation is 2. The van der Waals surface area contributed by atoms with E-state index in [-0.39, 0.29) is 18.4 Å². The number of rotatable bonds is 7. The topological polar surface area (TPSA) is 67.4 Å². The maximum atomic E-state index is 12.1. The van der Waals surface area contributed by atoms with Gasteiger partial charge >= 0.3 is 0 Å². The summed E-state index contributed by atoms with van der Waals surface area (Å²) in [6.45, 7) is 6.49. The first-order valence-corrected chi connectivity index (χ1v) is 8.37. The van der Waals surface area contributed by atoms with Crippen molar-refractivity contribution in [3.8, 4) is 5.75 Å². The summed E-state index contributed by atoms with van der Waals surface area (Å²) in [7, 11) is 0. The molecule has 0 fully saturated rings. The molecule has 0 aliphatic rings. The van der Waals surface area contributed by atoms with E-state index in [9.17, 15) is 9.59 Å². The van der Waals surface area contributed by atoms with E-state index in [0.29, 0.717) is 23.5 Å². The van der Waals surface area contributed by atoms with E-state index in [1.165, 1.54) is 0 Å². The van der Waals surface area contributed by atoms with Crippen LogP contribution in [-0.2, 0) is 4.79 Å². The van der Waals surface area contributed by atoms with E-state index in [4.69, 9.17) is 4.74 Å². The van der Waals surface area contributed by atoms with Crippen molar-refractivity contribution in [2.45, 2.75) is 27.2 Å². The molecule has 0 bridgehead atoms. The zero-order valence-corrected chi connectivity index (χ0v) is 14.9. The van der Waals surface area contributed by atoms with Gasteiger partial charge in [-0.05, 0) is 61.7 Å². The Balaban J connectivity index is 1.92. The summed E-state index contributed by atoms with van der Waals surface area (Å²) in [5.41, 5.74) is 3.25. The Bertz CT molecular complexity index is 736. The Morgan fingerprint density at radius 2 is 1.76 bits per heavy atom. The summed E-state index contributed by atoms with van der Waals surface area (Å²) < 4.78 is 5.54. The van der Waals surface area contributed by atoms with Crippen molar-refractivity contribution in [2.75, 3.05) is 18.5 Å². The highest BCUT2D eigenvalue weighted by atomic mass is 16.5. The van der Waals surface area contributed by atoms with E-state index in [2.05, 4.69) is 10.6 Å². The van der Waals surface area contributed by atoms with E-state index >= 15 is 0 Å². The van der Waals surface area contributed by atoms with Crippen LogP contribution in [0.2, 0.25) is 0 Å². The highest BCUT2D eigenvalue weighted by molar-refractivity contribution is 5.97. The molecule has 0 unspecified atom stereocenters. The van der Waals surface area contributed by atoms with Crippen LogP contribution < -0.4 is 15.4 Å². The van der Waals surface area contributed by atoms with Gasteiger partial charge in [0.2, 0.25) is 0 Å². The molecule has 0 aliphatic carbocycles. The molecule has 2 aromatic rings. The van der Waals surface area contributed by atoms with Gasteiger partial charge in [-0.1, -0.05) is 19.1 Å². The van der Waals surface area contributed by atoms with Crippen LogP contribution in [0.4, 0.5) is 5.69 Å². The van der Waals surface area contributed by atoms with E-state index in [1.54, 1.807) is 24.3 Å². The average molecular weight is 340 g/mol. The minimum Gasteiger partial charge on any atom is -0.484 e. The fourth-order valence-corrected chi connectivity index (χ4v) is 2.44. The second kappa shape index (κ2) is 8.87. The number of nitrogens with one attached hydrogen (secondary N) is 2. The smallest absolute Gasteiger partial charge is 0.262 e. The fraction of sp³-hybridized carbons (Fsp3) is 0.300. The van der Waals surface area contributed by atoms with Gasteiger partial charge in [0, 0.05) is 17.8 Å². The molecule has 5 nitrogen and oxygen atoms in total. The van der Waals surface area contributed by atoms with Gasteiger partial charge in [0.25, 0.3) is 11.8 Å². The quantitative estimate of drug-likeness (QED) is 0.811. The predicted molar refractivity (Wildman–Crippen MR) is 99.1 cm³/mol. The summed E-state index contributed by atoms with van der Waals surface area (Å²) in [5.74, 6) is 0.245. The number of carbonyl (C=O) groups is 2. The van der Waals surface area contributed by atoms with Gasteiger partial charge < -0.3 is 15.4 Å². The molecule has 0 heterocycles. The van der Waals surface area contributed by atoms with Gasteiger partial charge in [-0.25, -0.2) is 0 Å². The maximum absolute atomic E-state index is 12.1. The van der Waals surface area contributed by atoms with Gasteiger partial charge in [-0.3, -0.25) is 9.59 Å². The molecular weight excluding hydrogens is 316 g/mol. The highest BCUT2D eigenvalue weighted by Gasteiger charge is 2.08. The highest BCUT2D eigenvalue weighted by Crippen LogP contribution is 2.16. The molecule has 0 radical (unpaired) electrons. The first-order valence-electron chi connectivity index (χ1n) is 8.37. The minimum atomic E-state index is -0.273. The van der Waals surface area contributed by atoms with Crippen LogP contribution in [0.15, 0.2) is 42.5 Å². The van der Waals surface area contributed by atoms with Crippen molar-refractivity contribution < 1.29 is 14.3 Å². The molecule has 0 spiro atoms. The van der Waals surface area contributed by atoms with E-state index in [1.807, 2.05) is 39.0 Å². The first-order chi connectivity index (χ1) is 12.0. The molecule has 0 atom stereocenters. The molecule has 5 heteroatoms. The zero-order chi connectivity index (χ0) is 18.2. The van der Waals surface area contributed by atoms with Crippen molar-refractivity contribution in [1.29, 1.82) is 0 Å². The summed E-state index contributed by atoms with van der Waals surface area (Å²) in [5, 5.41) is 5.56. The number of anilines is 1. The molecule has 2 rings (SSSR count). The first kappa shape index (κ1) is 18.5. The number of carbonyl (C=O) groups excluding carboxylic acids is 2. The van der Waals surface area contributed by atoms with Gasteiger partial charge in [0.1, 0.15) is 5.75 Å². The van der Waals surface area contributed by atoms with Crippen molar-refractivity contribution in [3.05, 3.63) is 59.2 Å². The molecule has 0 saturated carbocycles. The van der Waals surface area contributed by atoms with Gasteiger partial charge in [0.05, 0.1) is 0 Å². The molecule has 2 amide bonds. The Hall–Kier alpha value is -2.82. The Morgan fingerprint density at radius 3 is 2.44 bits per heavy atom. The monoisotopic (exact) mass is 340 g/mol. The molecule has 0 aromatic heterocycles. The van der Waals surface area contributed by atoms with E-state index < -0.39 is 0 Å². The van der Waals surface area contributed by atoms with Crippen LogP contribution in [0.5, 0.6) is 5.75 Å². The molecule has 2 aromatic carbocycles. The van der Waals surface area contributed by atoms with Gasteiger partial charge in [-0.15, -0.1) is 0 Å². The number of hydrogen-bond acceptors (Lipinski definition) is 3. The van der Waals surface area contributed by atoms with Crippen molar-refractivity contribution in [2.24, 2.45) is 0 Å². The number of amides is 2. The van der Waals surface area contributed by atoms with Crippen molar-refractivity contribution >= 4 is 17.5 Å². The van der Waals surface area contributed by atoms with Crippen molar-refractivity contribution in [3.63, 3.8) is 0 Å². The lowest BCUT2D eigenvalue weighted by atomic mass is 10.1. The molecule has 2 N–H and O–H groups in total. The standard InChI is InChI=1S/C20H24N2O3/c1-4-8-21-20(24)16-6-5-7-17(12-16)22-19(23)13-25-18-10-14(2)9-15(3)11-18/h5-7,9-12H,4,8,13H2,1-3H3,(H,21,24)(H,22,23). The van der Waals surface area contributed by atoms with Crippen molar-refractivity contribution in [1.82, 2.24) is 5.32 Å². The largest absolute Gasteiger partial charge is 0.484 e. The van der Waals surface area contributed by atoms with Crippen LogP contribution in [0.25, 0.3) is 0 Å². The summed E-state index contributed by atoms with van der Waals surface area (Å²) in [6.07, 6.45) is 0.873. The molecule has 132 valence electrons. The van der Waals surface area contributed by atoms with Crippen LogP contribution in [0.3, 0.4) is 0 Å². The van der Waals surface area contributed by atoms with Crippen LogP contribution in [0.1, 0.15) is 34.8 Å². The number of benzene rings is 2. The van der Waals surface area contributed by atoms with Crippen LogP contribution in [0, 0.1) is 13.8 Å². The SMILES string of the molecule is CCCNC(=O)c1cccc(NC(=O)COc2cc(C)cc(C)c2)c1. The zero-order valence-electron chi connectivity index (χ0n) is 14.9. The maximum Gasteiger partial charge on any atom is 0.262 e. The minimum absolute atomic E-state index is 0.0881. The molecule has 25 heavy (non-hydrogen) atoms. The third-order valence-corrected chi connectivity index (χ3v) is 3.51. The summed E-state index contributed by atoms with van der Waals surface area (Å²) >= 11 is 0. The molecule has 0 aliphatic heterocycles. The normalized spacial score (nSPS) is 10.2. The van der Waals surface area contributed by atoms with Gasteiger partial charge in [-0.2, -0.15) is 0 Å². The van der Waals surface area contributed by atoms with E-state index in [0.717, 1.165) is 17.5 Å². The second-order valence-electron chi connectivity index (χ2n) is 6.00. The molecule has 0 saturated heterocycles. The predicted octanol–water partition coefficient (Wildman–Crippen LogP) is 3.46. The van der Waals surface area contributed by atoms with Gasteiger partial charge in [0.15, 0.2) is 6.61 Å². The average Bonchev–Trinajstić information content (AvgIpc) is 2.57. The summed E-state index contributed by atoms with van der Waals surface area (Å²) in [6, 6.07) is 12.7.